The van der Waals surface area contributed by atoms with E-state index < -0.39 is 0 Å². The van der Waals surface area contributed by atoms with Crippen LogP contribution in [-0.2, 0) is 0 Å². The smallest absolute Gasteiger partial charge is 0.0526 e. The fraction of sp³-hybridized carbons (Fsp3) is 0.185. The first-order chi connectivity index (χ1) is 14.2. The largest absolute Gasteiger partial charge is 0.354 e. The van der Waals surface area contributed by atoms with Gasteiger partial charge < -0.3 is 5.32 Å². The molecule has 0 saturated heterocycles. The van der Waals surface area contributed by atoms with E-state index in [1.165, 1.54) is 37.5 Å². The molecule has 0 unspecified atom stereocenters. The molecule has 1 N–H and O–H groups in total. The summed E-state index contributed by atoms with van der Waals surface area (Å²) < 4.78 is 0. The minimum Gasteiger partial charge on any atom is -0.354 e. The third kappa shape index (κ3) is 5.02. The predicted molar refractivity (Wildman–Crippen MR) is 130 cm³/mol. The number of hydrogen-bond donors (Lipinski definition) is 1. The average molecular weight is 400 g/mol. The maximum absolute atomic E-state index is 3.42. The van der Waals surface area contributed by atoms with Gasteiger partial charge in [-0.3, -0.25) is 0 Å². The van der Waals surface area contributed by atoms with E-state index in [9.17, 15) is 0 Å². The maximum Gasteiger partial charge on any atom is 0.0526 e. The highest BCUT2D eigenvalue weighted by Crippen LogP contribution is 2.43. The summed E-state index contributed by atoms with van der Waals surface area (Å²) in [6.45, 7) is 8.48. The van der Waals surface area contributed by atoms with Gasteiger partial charge in [-0.1, -0.05) is 106 Å². The van der Waals surface area contributed by atoms with Crippen LogP contribution in [0.1, 0.15) is 39.2 Å². The van der Waals surface area contributed by atoms with Crippen LogP contribution in [0, 0.1) is 0 Å². The number of nitrogens with one attached hydrogen (secondary N) is 1. The van der Waals surface area contributed by atoms with Gasteiger partial charge in [-0.2, -0.15) is 0 Å². The Balaban J connectivity index is 0.000000153. The average Bonchev–Trinajstić information content (AvgIpc) is 2.79. The Morgan fingerprint density at radius 3 is 1.76 bits per heavy atom. The molecule has 0 aromatic heterocycles. The Labute approximate surface area is 179 Å². The van der Waals surface area contributed by atoms with E-state index in [-0.39, 0.29) is 0 Å². The lowest BCUT2D eigenvalue weighted by Gasteiger charge is -2.19. The molecule has 1 heterocycles. The van der Waals surface area contributed by atoms with Gasteiger partial charge in [0.2, 0.25) is 0 Å². The molecule has 0 atom stereocenters. The van der Waals surface area contributed by atoms with Crippen LogP contribution in [0.25, 0.3) is 10.8 Å². The van der Waals surface area contributed by atoms with Gasteiger partial charge in [0.15, 0.2) is 0 Å². The predicted octanol–water partition coefficient (Wildman–Crippen LogP) is 8.88. The van der Waals surface area contributed by atoms with Crippen LogP contribution in [0.5, 0.6) is 0 Å². The lowest BCUT2D eigenvalue weighted by atomic mass is 9.96. The summed E-state index contributed by atoms with van der Waals surface area (Å²) in [4.78, 5) is 2.59. The molecule has 0 saturated carbocycles. The number of para-hydroxylation sites is 2. The first-order valence-electron chi connectivity index (χ1n) is 10.3. The molecule has 0 radical (unpaired) electrons. The van der Waals surface area contributed by atoms with Crippen LogP contribution in [0.3, 0.4) is 0 Å². The van der Waals surface area contributed by atoms with Gasteiger partial charge >= 0.3 is 0 Å². The summed E-state index contributed by atoms with van der Waals surface area (Å²) in [5.41, 5.74) is 3.85. The summed E-state index contributed by atoms with van der Waals surface area (Å²) in [7, 11) is 0. The van der Waals surface area contributed by atoms with Crippen molar-refractivity contribution in [1.82, 2.24) is 0 Å². The molecule has 29 heavy (non-hydrogen) atoms. The zero-order valence-electron chi connectivity index (χ0n) is 17.6. The Morgan fingerprint density at radius 1 is 0.621 bits per heavy atom. The molecular weight excluding hydrogens is 370 g/mol. The number of rotatable bonds is 1. The molecule has 1 aliphatic rings. The SMILES string of the molecule is CC.CC(C)c1cccc2ccccc12.c1ccc2c(c1)Nc1ccccc1S2. The van der Waals surface area contributed by atoms with Crippen molar-refractivity contribution in [2.24, 2.45) is 0 Å². The van der Waals surface area contributed by atoms with Crippen LogP contribution in [0.2, 0.25) is 0 Å². The van der Waals surface area contributed by atoms with Crippen molar-refractivity contribution < 1.29 is 0 Å². The summed E-state index contributed by atoms with van der Waals surface area (Å²) in [5.74, 6) is 0.603. The van der Waals surface area contributed by atoms with Crippen LogP contribution in [0.4, 0.5) is 11.4 Å². The molecule has 5 rings (SSSR count). The molecule has 1 aliphatic heterocycles. The van der Waals surface area contributed by atoms with Gasteiger partial charge in [0, 0.05) is 9.79 Å². The van der Waals surface area contributed by atoms with Crippen molar-refractivity contribution in [3.05, 3.63) is 96.6 Å². The van der Waals surface area contributed by atoms with E-state index in [2.05, 4.69) is 110 Å². The molecule has 0 spiro atoms. The number of anilines is 2. The molecule has 4 aromatic carbocycles. The Hall–Kier alpha value is -2.71. The third-order valence-corrected chi connectivity index (χ3v) is 5.86. The van der Waals surface area contributed by atoms with Crippen molar-refractivity contribution in [2.45, 2.75) is 43.4 Å². The van der Waals surface area contributed by atoms with Crippen molar-refractivity contribution in [3.8, 4) is 0 Å². The molecule has 2 heteroatoms. The van der Waals surface area contributed by atoms with Crippen LogP contribution < -0.4 is 5.32 Å². The highest BCUT2D eigenvalue weighted by atomic mass is 32.2. The van der Waals surface area contributed by atoms with E-state index in [0.29, 0.717) is 5.92 Å². The highest BCUT2D eigenvalue weighted by Gasteiger charge is 2.13. The Kier molecular flexibility index (Phi) is 7.37. The normalized spacial score (nSPS) is 11.2. The number of hydrogen-bond acceptors (Lipinski definition) is 2. The second-order valence-corrected chi connectivity index (χ2v) is 8.03. The highest BCUT2D eigenvalue weighted by molar-refractivity contribution is 7.99. The van der Waals surface area contributed by atoms with Gasteiger partial charge in [0.25, 0.3) is 0 Å². The molecule has 1 nitrogen and oxygen atoms in total. The first-order valence-corrected chi connectivity index (χ1v) is 11.1. The molecule has 0 amide bonds. The second kappa shape index (κ2) is 10.2. The zero-order chi connectivity index (χ0) is 20.6. The van der Waals surface area contributed by atoms with Crippen molar-refractivity contribution >= 4 is 33.9 Å². The fourth-order valence-corrected chi connectivity index (χ4v) is 4.32. The van der Waals surface area contributed by atoms with E-state index in [4.69, 9.17) is 0 Å². The second-order valence-electron chi connectivity index (χ2n) is 6.94. The molecule has 0 fully saturated rings. The first kappa shape index (κ1) is 21.0. The summed E-state index contributed by atoms with van der Waals surface area (Å²) in [5, 5.41) is 6.15. The Bertz CT molecular complexity index is 976. The van der Waals surface area contributed by atoms with E-state index in [0.717, 1.165) is 0 Å². The molecule has 148 valence electrons. The molecule has 0 aliphatic carbocycles. The van der Waals surface area contributed by atoms with Crippen LogP contribution in [-0.4, -0.2) is 0 Å². The van der Waals surface area contributed by atoms with Gasteiger partial charge in [-0.05, 0) is 46.5 Å². The summed E-state index contributed by atoms with van der Waals surface area (Å²) in [6.07, 6.45) is 0. The van der Waals surface area contributed by atoms with Gasteiger partial charge in [-0.15, -0.1) is 0 Å². The standard InChI is InChI=1S/C13H14.C12H9NS.C2H6/c1-10(2)12-9-5-7-11-6-3-4-8-13(11)12;1-3-7-11-9(5-1)13-10-6-2-4-8-12(10)14-11;1-2/h3-10H,1-2H3;1-8,13H;1-2H3. The van der Waals surface area contributed by atoms with E-state index in [1.54, 1.807) is 0 Å². The van der Waals surface area contributed by atoms with Crippen molar-refractivity contribution in [2.75, 3.05) is 5.32 Å². The van der Waals surface area contributed by atoms with Crippen molar-refractivity contribution in [1.29, 1.82) is 0 Å². The summed E-state index contributed by atoms with van der Waals surface area (Å²) in [6, 6.07) is 31.8. The Morgan fingerprint density at radius 2 is 1.14 bits per heavy atom. The lowest BCUT2D eigenvalue weighted by Crippen LogP contribution is -1.98. The number of benzene rings is 4. The van der Waals surface area contributed by atoms with Crippen molar-refractivity contribution in [3.63, 3.8) is 0 Å². The minimum absolute atomic E-state index is 0.603. The monoisotopic (exact) mass is 399 g/mol. The van der Waals surface area contributed by atoms with Gasteiger partial charge in [0.05, 0.1) is 11.4 Å². The molecule has 0 bridgehead atoms. The minimum atomic E-state index is 0.603. The van der Waals surface area contributed by atoms with E-state index in [1.807, 2.05) is 25.6 Å². The lowest BCUT2D eigenvalue weighted by molar-refractivity contribution is 0.876. The maximum atomic E-state index is 3.42. The molecule has 4 aromatic rings. The van der Waals surface area contributed by atoms with Gasteiger partial charge in [0.1, 0.15) is 0 Å². The number of fused-ring (bicyclic) bond motifs is 3. The van der Waals surface area contributed by atoms with E-state index >= 15 is 0 Å². The topological polar surface area (TPSA) is 12.0 Å². The van der Waals surface area contributed by atoms with Crippen LogP contribution in [0.15, 0.2) is 101 Å². The van der Waals surface area contributed by atoms with Crippen LogP contribution >= 0.6 is 11.8 Å². The molecular formula is C27H29NS. The quantitative estimate of drug-likeness (QED) is 0.302. The van der Waals surface area contributed by atoms with Gasteiger partial charge in [-0.25, -0.2) is 0 Å². The summed E-state index contributed by atoms with van der Waals surface area (Å²) >= 11 is 1.82. The fourth-order valence-electron chi connectivity index (χ4n) is 3.34. The third-order valence-electron chi connectivity index (χ3n) is 4.71. The zero-order valence-corrected chi connectivity index (χ0v) is 18.5.